The second-order valence-electron chi connectivity index (χ2n) is 5.23. The van der Waals surface area contributed by atoms with Crippen LogP contribution in [-0.4, -0.2) is 16.3 Å². The normalized spacial score (nSPS) is 10.8. The molecule has 0 aliphatic heterocycles. The zero-order chi connectivity index (χ0) is 14.7. The van der Waals surface area contributed by atoms with E-state index in [1.807, 2.05) is 56.3 Å². The number of nitrogens with one attached hydrogen (secondary N) is 1. The lowest BCUT2D eigenvalue weighted by atomic mass is 10.1. The predicted octanol–water partition coefficient (Wildman–Crippen LogP) is 4.53. The third kappa shape index (κ3) is 3.14. The first-order valence-electron chi connectivity index (χ1n) is 7.10. The van der Waals surface area contributed by atoms with Gasteiger partial charge in [0, 0.05) is 5.56 Å². The second kappa shape index (κ2) is 5.83. The zero-order valence-corrected chi connectivity index (χ0v) is 12.2. The molecule has 1 aromatic heterocycles. The van der Waals surface area contributed by atoms with Gasteiger partial charge in [-0.25, -0.2) is 0 Å². The number of ether oxygens (including phenoxy) is 1. The minimum Gasteiger partial charge on any atom is -0.491 e. The molecule has 1 N–H and O–H groups in total. The van der Waals surface area contributed by atoms with E-state index in [-0.39, 0.29) is 6.10 Å². The summed E-state index contributed by atoms with van der Waals surface area (Å²) in [7, 11) is 0. The van der Waals surface area contributed by atoms with Crippen LogP contribution in [0.4, 0.5) is 0 Å². The van der Waals surface area contributed by atoms with Crippen LogP contribution >= 0.6 is 0 Å². The Kier molecular flexibility index (Phi) is 3.73. The molecule has 0 bridgehead atoms. The highest BCUT2D eigenvalue weighted by Gasteiger charge is 2.07. The quantitative estimate of drug-likeness (QED) is 0.761. The Labute approximate surface area is 124 Å². The van der Waals surface area contributed by atoms with Crippen LogP contribution in [0.2, 0.25) is 0 Å². The molecule has 21 heavy (non-hydrogen) atoms. The van der Waals surface area contributed by atoms with Gasteiger partial charge in [0.15, 0.2) is 0 Å². The molecule has 3 heteroatoms. The summed E-state index contributed by atoms with van der Waals surface area (Å²) >= 11 is 0. The molecule has 0 unspecified atom stereocenters. The Morgan fingerprint density at radius 2 is 1.67 bits per heavy atom. The molecule has 0 aliphatic carbocycles. The van der Waals surface area contributed by atoms with Crippen molar-refractivity contribution >= 4 is 0 Å². The number of aromatic amines is 1. The first kappa shape index (κ1) is 13.4. The van der Waals surface area contributed by atoms with Crippen molar-refractivity contribution in [1.82, 2.24) is 10.2 Å². The number of rotatable bonds is 4. The summed E-state index contributed by atoms with van der Waals surface area (Å²) in [6.45, 7) is 4.05. The molecule has 0 aliphatic rings. The summed E-state index contributed by atoms with van der Waals surface area (Å²) in [5.74, 6) is 0.867. The standard InChI is InChI=1S/C18H18N2O/c1-13(2)21-16-10-6-9-15(11-16)18-12-17(19-20-18)14-7-4-3-5-8-14/h3-13H,1-2H3,(H,19,20). The lowest BCUT2D eigenvalue weighted by Gasteiger charge is -2.10. The summed E-state index contributed by atoms with van der Waals surface area (Å²) in [6, 6.07) is 20.3. The second-order valence-corrected chi connectivity index (χ2v) is 5.23. The van der Waals surface area contributed by atoms with E-state index >= 15 is 0 Å². The maximum Gasteiger partial charge on any atom is 0.120 e. The van der Waals surface area contributed by atoms with Gasteiger partial charge in [0.2, 0.25) is 0 Å². The molecule has 0 spiro atoms. The van der Waals surface area contributed by atoms with Gasteiger partial charge in [0.1, 0.15) is 5.75 Å². The van der Waals surface area contributed by atoms with Gasteiger partial charge in [0.05, 0.1) is 17.5 Å². The monoisotopic (exact) mass is 278 g/mol. The van der Waals surface area contributed by atoms with Crippen LogP contribution in [0.5, 0.6) is 5.75 Å². The van der Waals surface area contributed by atoms with Crippen LogP contribution in [0.3, 0.4) is 0 Å². The number of benzene rings is 2. The minimum atomic E-state index is 0.166. The van der Waals surface area contributed by atoms with E-state index in [4.69, 9.17) is 4.74 Å². The smallest absolute Gasteiger partial charge is 0.120 e. The summed E-state index contributed by atoms with van der Waals surface area (Å²) < 4.78 is 5.73. The highest BCUT2D eigenvalue weighted by Crippen LogP contribution is 2.26. The summed E-state index contributed by atoms with van der Waals surface area (Å²) in [5, 5.41) is 7.49. The Morgan fingerprint density at radius 3 is 2.43 bits per heavy atom. The van der Waals surface area contributed by atoms with Crippen LogP contribution < -0.4 is 4.74 Å². The molecular weight excluding hydrogens is 260 g/mol. The SMILES string of the molecule is CC(C)Oc1cccc(-c2cc(-c3ccccc3)[nH]n2)c1. The van der Waals surface area contributed by atoms with Crippen molar-refractivity contribution in [1.29, 1.82) is 0 Å². The number of hydrogen-bond donors (Lipinski definition) is 1. The van der Waals surface area contributed by atoms with Crippen molar-refractivity contribution in [2.45, 2.75) is 20.0 Å². The van der Waals surface area contributed by atoms with Crippen molar-refractivity contribution < 1.29 is 4.74 Å². The van der Waals surface area contributed by atoms with Crippen molar-refractivity contribution in [3.8, 4) is 28.3 Å². The van der Waals surface area contributed by atoms with Crippen molar-refractivity contribution in [3.63, 3.8) is 0 Å². The maximum atomic E-state index is 5.73. The molecule has 0 saturated heterocycles. The van der Waals surface area contributed by atoms with Crippen LogP contribution in [0.1, 0.15) is 13.8 Å². The number of nitrogens with zero attached hydrogens (tertiary/aromatic N) is 1. The Balaban J connectivity index is 1.90. The molecule has 0 radical (unpaired) electrons. The summed E-state index contributed by atoms with van der Waals surface area (Å²) in [4.78, 5) is 0. The van der Waals surface area contributed by atoms with E-state index in [2.05, 4.69) is 28.4 Å². The van der Waals surface area contributed by atoms with Gasteiger partial charge in [0.25, 0.3) is 0 Å². The fraction of sp³-hybridized carbons (Fsp3) is 0.167. The Morgan fingerprint density at radius 1 is 0.905 bits per heavy atom. The van der Waals surface area contributed by atoms with Crippen molar-refractivity contribution in [2.24, 2.45) is 0 Å². The van der Waals surface area contributed by atoms with E-state index in [0.717, 1.165) is 28.3 Å². The van der Waals surface area contributed by atoms with Gasteiger partial charge >= 0.3 is 0 Å². The lowest BCUT2D eigenvalue weighted by molar-refractivity contribution is 0.242. The number of H-pyrrole nitrogens is 1. The van der Waals surface area contributed by atoms with Crippen LogP contribution in [0.15, 0.2) is 60.7 Å². The highest BCUT2D eigenvalue weighted by molar-refractivity contribution is 5.68. The fourth-order valence-corrected chi connectivity index (χ4v) is 2.24. The molecule has 0 fully saturated rings. The van der Waals surface area contributed by atoms with Gasteiger partial charge < -0.3 is 4.74 Å². The van der Waals surface area contributed by atoms with Crippen molar-refractivity contribution in [3.05, 3.63) is 60.7 Å². The average Bonchev–Trinajstić information content (AvgIpc) is 2.98. The third-order valence-electron chi connectivity index (χ3n) is 3.16. The van der Waals surface area contributed by atoms with Gasteiger partial charge in [-0.3, -0.25) is 5.10 Å². The zero-order valence-electron chi connectivity index (χ0n) is 12.2. The van der Waals surface area contributed by atoms with E-state index < -0.39 is 0 Å². The molecule has 3 aromatic rings. The van der Waals surface area contributed by atoms with E-state index in [0.29, 0.717) is 0 Å². The van der Waals surface area contributed by atoms with E-state index in [1.54, 1.807) is 0 Å². The largest absolute Gasteiger partial charge is 0.491 e. The lowest BCUT2D eigenvalue weighted by Crippen LogP contribution is -2.05. The molecule has 1 heterocycles. The van der Waals surface area contributed by atoms with Crippen LogP contribution in [-0.2, 0) is 0 Å². The molecular formula is C18H18N2O. The molecule has 3 rings (SSSR count). The van der Waals surface area contributed by atoms with Gasteiger partial charge in [-0.15, -0.1) is 0 Å². The topological polar surface area (TPSA) is 37.9 Å². The van der Waals surface area contributed by atoms with E-state index in [9.17, 15) is 0 Å². The Bertz CT molecular complexity index is 717. The molecule has 106 valence electrons. The molecule has 3 nitrogen and oxygen atoms in total. The summed E-state index contributed by atoms with van der Waals surface area (Å²) in [5.41, 5.74) is 4.11. The fourth-order valence-electron chi connectivity index (χ4n) is 2.24. The highest BCUT2D eigenvalue weighted by atomic mass is 16.5. The van der Waals surface area contributed by atoms with Gasteiger partial charge in [-0.1, -0.05) is 42.5 Å². The minimum absolute atomic E-state index is 0.166. The van der Waals surface area contributed by atoms with Crippen molar-refractivity contribution in [2.75, 3.05) is 0 Å². The van der Waals surface area contributed by atoms with Crippen LogP contribution in [0, 0.1) is 0 Å². The van der Waals surface area contributed by atoms with Gasteiger partial charge in [-0.2, -0.15) is 5.10 Å². The molecule has 0 amide bonds. The number of hydrogen-bond acceptors (Lipinski definition) is 2. The predicted molar refractivity (Wildman–Crippen MR) is 85.2 cm³/mol. The van der Waals surface area contributed by atoms with E-state index in [1.165, 1.54) is 0 Å². The first-order valence-corrected chi connectivity index (χ1v) is 7.10. The molecule has 0 saturated carbocycles. The maximum absolute atomic E-state index is 5.73. The van der Waals surface area contributed by atoms with Crippen LogP contribution in [0.25, 0.3) is 22.5 Å². The van der Waals surface area contributed by atoms with Gasteiger partial charge in [-0.05, 0) is 37.6 Å². The number of aromatic nitrogens is 2. The average molecular weight is 278 g/mol. The summed E-state index contributed by atoms with van der Waals surface area (Å²) in [6.07, 6.45) is 0.166. The first-order chi connectivity index (χ1) is 10.2. The molecule has 0 atom stereocenters. The Hall–Kier alpha value is -2.55. The molecule has 2 aromatic carbocycles. The third-order valence-corrected chi connectivity index (χ3v) is 3.16.